The molecule has 0 radical (unpaired) electrons. The molecule has 1 aliphatic heterocycles. The molecule has 1 rings (SSSR count). The van der Waals surface area contributed by atoms with Crippen molar-refractivity contribution in [2.45, 2.75) is 53.0 Å². The quantitative estimate of drug-likeness (QED) is 0.498. The summed E-state index contributed by atoms with van der Waals surface area (Å²) in [6.45, 7) is 8.73. The average molecular weight is 356 g/mol. The van der Waals surface area contributed by atoms with Crippen LogP contribution in [0.1, 0.15) is 47.0 Å². The van der Waals surface area contributed by atoms with Crippen molar-refractivity contribution in [1.29, 1.82) is 0 Å². The third-order valence-electron chi connectivity index (χ3n) is 4.49. The second kappa shape index (κ2) is 9.75. The fraction of sp³-hybridized carbons (Fsp3) is 0.833. The Morgan fingerprint density at radius 1 is 1.36 bits per heavy atom. The van der Waals surface area contributed by atoms with Crippen molar-refractivity contribution in [2.75, 3.05) is 33.4 Å². The monoisotopic (exact) mass is 356 g/mol. The van der Waals surface area contributed by atoms with E-state index in [2.05, 4.69) is 5.32 Å². The maximum atomic E-state index is 12.3. The summed E-state index contributed by atoms with van der Waals surface area (Å²) < 4.78 is 10.3. The van der Waals surface area contributed by atoms with Crippen LogP contribution in [0, 0.1) is 11.3 Å². The Morgan fingerprint density at radius 3 is 2.60 bits per heavy atom. The molecule has 0 aromatic heterocycles. The number of ether oxygens (including phenoxy) is 2. The van der Waals surface area contributed by atoms with Crippen LogP contribution in [0.3, 0.4) is 0 Å². The van der Waals surface area contributed by atoms with Gasteiger partial charge in [0.2, 0.25) is 11.8 Å². The number of rotatable bonds is 9. The molecule has 0 bridgehead atoms. The molecule has 7 nitrogen and oxygen atoms in total. The van der Waals surface area contributed by atoms with Gasteiger partial charge in [-0.2, -0.15) is 0 Å². The molecule has 1 N–H and O–H groups in total. The fourth-order valence-corrected chi connectivity index (χ4v) is 2.70. The molecule has 25 heavy (non-hydrogen) atoms. The zero-order valence-corrected chi connectivity index (χ0v) is 16.1. The minimum Gasteiger partial charge on any atom is -0.465 e. The summed E-state index contributed by atoms with van der Waals surface area (Å²) in [6, 6.07) is -0.259. The van der Waals surface area contributed by atoms with Crippen molar-refractivity contribution >= 4 is 17.8 Å². The Bertz CT molecular complexity index is 472. The molecule has 7 heteroatoms. The Morgan fingerprint density at radius 2 is 2.04 bits per heavy atom. The lowest BCUT2D eigenvalue weighted by Crippen LogP contribution is -2.49. The number of esters is 1. The summed E-state index contributed by atoms with van der Waals surface area (Å²) in [5.74, 6) is -0.428. The van der Waals surface area contributed by atoms with Crippen LogP contribution in [-0.2, 0) is 23.9 Å². The van der Waals surface area contributed by atoms with Crippen molar-refractivity contribution in [3.05, 3.63) is 0 Å². The van der Waals surface area contributed by atoms with Gasteiger partial charge in [-0.05, 0) is 46.5 Å². The summed E-state index contributed by atoms with van der Waals surface area (Å²) in [5.41, 5.74) is -1.25. The molecule has 0 saturated carbocycles. The SMILES string of the molecule is CCOC(=O)C(C)(C)C(=O)N[C@@H](C)CN(C)C(=O)CCC1CCOC1. The fourth-order valence-electron chi connectivity index (χ4n) is 2.70. The Hall–Kier alpha value is -1.63. The second-order valence-electron chi connectivity index (χ2n) is 7.26. The van der Waals surface area contributed by atoms with E-state index in [4.69, 9.17) is 9.47 Å². The summed E-state index contributed by atoms with van der Waals surface area (Å²) >= 11 is 0. The van der Waals surface area contributed by atoms with Crippen molar-refractivity contribution in [2.24, 2.45) is 11.3 Å². The van der Waals surface area contributed by atoms with E-state index in [0.29, 0.717) is 18.9 Å². The summed E-state index contributed by atoms with van der Waals surface area (Å²) in [6.07, 6.45) is 2.34. The molecule has 1 unspecified atom stereocenters. The third-order valence-corrected chi connectivity index (χ3v) is 4.49. The maximum Gasteiger partial charge on any atom is 0.321 e. The van der Waals surface area contributed by atoms with E-state index in [0.717, 1.165) is 26.1 Å². The van der Waals surface area contributed by atoms with Crippen molar-refractivity contribution in [3.8, 4) is 0 Å². The molecule has 1 heterocycles. The van der Waals surface area contributed by atoms with Crippen LogP contribution in [0.15, 0.2) is 0 Å². The van der Waals surface area contributed by atoms with Crippen LogP contribution in [0.5, 0.6) is 0 Å². The lowest BCUT2D eigenvalue weighted by molar-refractivity contribution is -0.158. The van der Waals surface area contributed by atoms with Gasteiger partial charge in [0.05, 0.1) is 6.61 Å². The second-order valence-corrected chi connectivity index (χ2v) is 7.26. The van der Waals surface area contributed by atoms with E-state index >= 15 is 0 Å². The Balaban J connectivity index is 2.40. The number of carbonyl (C=O) groups is 3. The van der Waals surface area contributed by atoms with Gasteiger partial charge in [-0.25, -0.2) is 0 Å². The van der Waals surface area contributed by atoms with Crippen LogP contribution in [-0.4, -0.2) is 62.1 Å². The third kappa shape index (κ3) is 6.65. The molecule has 1 saturated heterocycles. The van der Waals surface area contributed by atoms with Crippen LogP contribution in [0.2, 0.25) is 0 Å². The van der Waals surface area contributed by atoms with E-state index in [1.165, 1.54) is 13.8 Å². The van der Waals surface area contributed by atoms with Crippen molar-refractivity contribution in [1.82, 2.24) is 10.2 Å². The first-order chi connectivity index (χ1) is 11.7. The topological polar surface area (TPSA) is 84.9 Å². The van der Waals surface area contributed by atoms with Crippen LogP contribution in [0.4, 0.5) is 0 Å². The lowest BCUT2D eigenvalue weighted by atomic mass is 9.92. The van der Waals surface area contributed by atoms with Crippen LogP contribution < -0.4 is 5.32 Å². The van der Waals surface area contributed by atoms with Crippen LogP contribution in [0.25, 0.3) is 0 Å². The highest BCUT2D eigenvalue weighted by Gasteiger charge is 2.38. The molecule has 1 fully saturated rings. The molecule has 0 spiro atoms. The maximum absolute atomic E-state index is 12.3. The zero-order valence-electron chi connectivity index (χ0n) is 16.1. The highest BCUT2D eigenvalue weighted by molar-refractivity contribution is 6.01. The van der Waals surface area contributed by atoms with Gasteiger partial charge in [0.25, 0.3) is 0 Å². The number of nitrogens with one attached hydrogen (secondary N) is 1. The van der Waals surface area contributed by atoms with E-state index < -0.39 is 17.3 Å². The number of hydrogen-bond donors (Lipinski definition) is 1. The van der Waals surface area contributed by atoms with Gasteiger partial charge in [0.1, 0.15) is 5.41 Å². The molecular formula is C18H32N2O5. The number of nitrogens with zero attached hydrogens (tertiary/aromatic N) is 1. The number of hydrogen-bond acceptors (Lipinski definition) is 5. The van der Waals surface area contributed by atoms with E-state index in [1.807, 2.05) is 6.92 Å². The highest BCUT2D eigenvalue weighted by Crippen LogP contribution is 2.19. The molecule has 1 aliphatic rings. The molecule has 144 valence electrons. The molecular weight excluding hydrogens is 324 g/mol. The summed E-state index contributed by atoms with van der Waals surface area (Å²) in [5, 5.41) is 2.79. The highest BCUT2D eigenvalue weighted by atomic mass is 16.5. The molecule has 2 atom stereocenters. The first-order valence-electron chi connectivity index (χ1n) is 8.98. The van der Waals surface area contributed by atoms with Gasteiger partial charge in [-0.1, -0.05) is 0 Å². The Kier molecular flexibility index (Phi) is 8.35. The summed E-state index contributed by atoms with van der Waals surface area (Å²) in [4.78, 5) is 38.0. The largest absolute Gasteiger partial charge is 0.465 e. The number of carbonyl (C=O) groups excluding carboxylic acids is 3. The molecule has 0 aromatic rings. The molecule has 0 aliphatic carbocycles. The van der Waals surface area contributed by atoms with Gasteiger partial charge in [0.15, 0.2) is 0 Å². The predicted molar refractivity (Wildman–Crippen MR) is 93.8 cm³/mol. The number of amides is 2. The minimum atomic E-state index is -1.25. The van der Waals surface area contributed by atoms with Crippen molar-refractivity contribution < 1.29 is 23.9 Å². The Labute approximate surface area is 150 Å². The summed E-state index contributed by atoms with van der Waals surface area (Å²) in [7, 11) is 1.73. The normalized spacial score (nSPS) is 18.5. The van der Waals surface area contributed by atoms with Gasteiger partial charge in [0, 0.05) is 39.3 Å². The zero-order chi connectivity index (χ0) is 19.0. The first-order valence-corrected chi connectivity index (χ1v) is 8.98. The van der Waals surface area contributed by atoms with Gasteiger partial charge >= 0.3 is 5.97 Å². The number of likely N-dealkylation sites (N-methyl/N-ethyl adjacent to an activating group) is 1. The average Bonchev–Trinajstić information content (AvgIpc) is 3.05. The van der Waals surface area contributed by atoms with Gasteiger partial charge in [-0.3, -0.25) is 14.4 Å². The van der Waals surface area contributed by atoms with Gasteiger partial charge < -0.3 is 19.7 Å². The van der Waals surface area contributed by atoms with Crippen LogP contribution >= 0.6 is 0 Å². The van der Waals surface area contributed by atoms with Gasteiger partial charge in [-0.15, -0.1) is 0 Å². The molecule has 0 aromatic carbocycles. The van der Waals surface area contributed by atoms with Crippen molar-refractivity contribution in [3.63, 3.8) is 0 Å². The lowest BCUT2D eigenvalue weighted by Gasteiger charge is -2.27. The standard InChI is InChI=1S/C18H32N2O5/c1-6-25-17(23)18(3,4)16(22)19-13(2)11-20(5)15(21)8-7-14-9-10-24-12-14/h13-14H,6-12H2,1-5H3,(H,19,22)/t13-,14?/m0/s1. The minimum absolute atomic E-state index is 0.0534. The van der Waals surface area contributed by atoms with E-state index in [-0.39, 0.29) is 18.6 Å². The predicted octanol–water partition coefficient (Wildman–Crippen LogP) is 1.36. The smallest absolute Gasteiger partial charge is 0.321 e. The first kappa shape index (κ1) is 21.4. The molecule has 2 amide bonds. The van der Waals surface area contributed by atoms with E-state index in [9.17, 15) is 14.4 Å². The van der Waals surface area contributed by atoms with E-state index in [1.54, 1.807) is 18.9 Å².